The van der Waals surface area contributed by atoms with Gasteiger partial charge >= 0.3 is 0 Å². The molecule has 0 aromatic heterocycles. The SMILES string of the molecule is CC1(C)CC(O)CC(C)(C)P1c1ccccc1. The minimum Gasteiger partial charge on any atom is -0.393 e. The summed E-state index contributed by atoms with van der Waals surface area (Å²) in [6.45, 7) is 9.26. The Bertz CT molecular complexity index is 365. The van der Waals surface area contributed by atoms with Gasteiger partial charge in [0.2, 0.25) is 0 Å². The summed E-state index contributed by atoms with van der Waals surface area (Å²) in [4.78, 5) is 0. The fourth-order valence-electron chi connectivity index (χ4n) is 3.50. The zero-order chi connectivity index (χ0) is 12.7. The largest absolute Gasteiger partial charge is 0.393 e. The van der Waals surface area contributed by atoms with Gasteiger partial charge in [-0.2, -0.15) is 0 Å². The molecule has 1 N–H and O–H groups in total. The van der Waals surface area contributed by atoms with Gasteiger partial charge in [0.05, 0.1) is 6.10 Å². The van der Waals surface area contributed by atoms with Crippen molar-refractivity contribution in [2.75, 3.05) is 0 Å². The molecule has 0 unspecified atom stereocenters. The van der Waals surface area contributed by atoms with E-state index < -0.39 is 0 Å². The number of hydrogen-bond donors (Lipinski definition) is 1. The quantitative estimate of drug-likeness (QED) is 0.756. The van der Waals surface area contributed by atoms with Crippen LogP contribution in [-0.4, -0.2) is 21.5 Å². The van der Waals surface area contributed by atoms with E-state index in [9.17, 15) is 5.11 Å². The normalized spacial score (nSPS) is 31.1. The van der Waals surface area contributed by atoms with E-state index in [0.29, 0.717) is 0 Å². The molecule has 0 aliphatic carbocycles. The first kappa shape index (κ1) is 13.1. The molecule has 1 heterocycles. The topological polar surface area (TPSA) is 20.2 Å². The predicted molar refractivity (Wildman–Crippen MR) is 76.4 cm³/mol. The van der Waals surface area contributed by atoms with Crippen LogP contribution in [0, 0.1) is 0 Å². The molecule has 0 amide bonds. The second-order valence-corrected chi connectivity index (χ2v) is 9.97. The Kier molecular flexibility index (Phi) is 3.36. The second kappa shape index (κ2) is 4.37. The van der Waals surface area contributed by atoms with Crippen molar-refractivity contribution in [1.29, 1.82) is 0 Å². The molecule has 0 saturated carbocycles. The highest BCUT2D eigenvalue weighted by atomic mass is 31.1. The van der Waals surface area contributed by atoms with E-state index in [0.717, 1.165) is 12.8 Å². The zero-order valence-electron chi connectivity index (χ0n) is 11.3. The van der Waals surface area contributed by atoms with Crippen molar-refractivity contribution in [3.8, 4) is 0 Å². The van der Waals surface area contributed by atoms with Crippen molar-refractivity contribution < 1.29 is 5.11 Å². The van der Waals surface area contributed by atoms with Gasteiger partial charge in [-0.05, 0) is 28.5 Å². The van der Waals surface area contributed by atoms with E-state index >= 15 is 0 Å². The van der Waals surface area contributed by atoms with Gasteiger partial charge in [-0.25, -0.2) is 0 Å². The number of benzene rings is 1. The molecule has 1 aliphatic heterocycles. The van der Waals surface area contributed by atoms with Crippen molar-refractivity contribution >= 4 is 13.2 Å². The van der Waals surface area contributed by atoms with Gasteiger partial charge in [0.15, 0.2) is 0 Å². The Morgan fingerprint density at radius 3 is 1.94 bits per heavy atom. The van der Waals surface area contributed by atoms with E-state index in [-0.39, 0.29) is 24.3 Å². The predicted octanol–water partition coefficient (Wildman–Crippen LogP) is 3.51. The van der Waals surface area contributed by atoms with Gasteiger partial charge in [0, 0.05) is 0 Å². The molecule has 0 spiro atoms. The third-order valence-electron chi connectivity index (χ3n) is 3.70. The van der Waals surface area contributed by atoms with Crippen LogP contribution in [0.5, 0.6) is 0 Å². The number of rotatable bonds is 1. The third kappa shape index (κ3) is 2.56. The van der Waals surface area contributed by atoms with Gasteiger partial charge in [0.1, 0.15) is 0 Å². The monoisotopic (exact) mass is 250 g/mol. The van der Waals surface area contributed by atoms with Crippen LogP contribution in [0.25, 0.3) is 0 Å². The molecule has 0 atom stereocenters. The standard InChI is InChI=1S/C15H23OP/c1-14(2)10-12(16)11-15(3,4)17(14)13-8-6-5-7-9-13/h5-9,12,16H,10-11H2,1-4H3. The molecular formula is C15H23OP. The summed E-state index contributed by atoms with van der Waals surface area (Å²) in [6, 6.07) is 10.9. The molecule has 2 heteroatoms. The lowest BCUT2D eigenvalue weighted by atomic mass is 9.95. The number of aliphatic hydroxyl groups is 1. The molecular weight excluding hydrogens is 227 g/mol. The Morgan fingerprint density at radius 2 is 1.47 bits per heavy atom. The van der Waals surface area contributed by atoms with Crippen LogP contribution in [-0.2, 0) is 0 Å². The van der Waals surface area contributed by atoms with Crippen LogP contribution in [0.1, 0.15) is 40.5 Å². The molecule has 0 radical (unpaired) electrons. The number of hydrogen-bond acceptors (Lipinski definition) is 1. The first-order valence-corrected chi connectivity index (χ1v) is 7.70. The summed E-state index contributed by atoms with van der Waals surface area (Å²) in [5.74, 6) is 0. The molecule has 2 rings (SSSR count). The van der Waals surface area contributed by atoms with E-state index in [1.165, 1.54) is 5.30 Å². The van der Waals surface area contributed by atoms with Gasteiger partial charge in [-0.1, -0.05) is 65.9 Å². The third-order valence-corrected chi connectivity index (χ3v) is 7.30. The zero-order valence-corrected chi connectivity index (χ0v) is 12.2. The lowest BCUT2D eigenvalue weighted by molar-refractivity contribution is 0.125. The smallest absolute Gasteiger partial charge is 0.0557 e. The minimum atomic E-state index is -0.240. The lowest BCUT2D eigenvalue weighted by Crippen LogP contribution is -2.44. The first-order chi connectivity index (χ1) is 7.83. The van der Waals surface area contributed by atoms with Gasteiger partial charge in [-0.3, -0.25) is 0 Å². The van der Waals surface area contributed by atoms with Gasteiger partial charge in [0.25, 0.3) is 0 Å². The van der Waals surface area contributed by atoms with E-state index in [1.807, 2.05) is 0 Å². The Hall–Kier alpha value is -0.390. The van der Waals surface area contributed by atoms with E-state index in [2.05, 4.69) is 58.0 Å². The molecule has 1 nitrogen and oxygen atoms in total. The fourth-order valence-corrected chi connectivity index (χ4v) is 7.80. The average molecular weight is 250 g/mol. The lowest BCUT2D eigenvalue weighted by Gasteiger charge is -2.51. The summed E-state index contributed by atoms with van der Waals surface area (Å²) in [5.41, 5.74) is 0. The van der Waals surface area contributed by atoms with Crippen LogP contribution < -0.4 is 5.30 Å². The van der Waals surface area contributed by atoms with Crippen molar-refractivity contribution in [2.45, 2.75) is 57.0 Å². The maximum absolute atomic E-state index is 10.1. The highest BCUT2D eigenvalue weighted by molar-refractivity contribution is 7.68. The summed E-state index contributed by atoms with van der Waals surface area (Å²) >= 11 is 0. The first-order valence-electron chi connectivity index (χ1n) is 6.36. The van der Waals surface area contributed by atoms with Crippen molar-refractivity contribution in [3.05, 3.63) is 30.3 Å². The van der Waals surface area contributed by atoms with Crippen molar-refractivity contribution in [3.63, 3.8) is 0 Å². The Balaban J connectivity index is 2.42. The van der Waals surface area contributed by atoms with Crippen LogP contribution >= 0.6 is 7.92 Å². The summed E-state index contributed by atoms with van der Waals surface area (Å²) in [5, 5.41) is 12.0. The maximum atomic E-state index is 10.1. The highest BCUT2D eigenvalue weighted by Crippen LogP contribution is 2.64. The summed E-state index contributed by atoms with van der Waals surface area (Å²) in [7, 11) is -0.240. The summed E-state index contributed by atoms with van der Waals surface area (Å²) in [6.07, 6.45) is 1.72. The molecule has 1 saturated heterocycles. The van der Waals surface area contributed by atoms with Crippen LogP contribution in [0.2, 0.25) is 0 Å². The fraction of sp³-hybridized carbons (Fsp3) is 0.600. The Morgan fingerprint density at radius 1 is 1.00 bits per heavy atom. The summed E-state index contributed by atoms with van der Waals surface area (Å²) < 4.78 is 0. The molecule has 17 heavy (non-hydrogen) atoms. The van der Waals surface area contributed by atoms with Crippen LogP contribution in [0.4, 0.5) is 0 Å². The molecule has 1 aliphatic rings. The van der Waals surface area contributed by atoms with Gasteiger partial charge in [-0.15, -0.1) is 0 Å². The van der Waals surface area contributed by atoms with Crippen molar-refractivity contribution in [1.82, 2.24) is 0 Å². The maximum Gasteiger partial charge on any atom is 0.0557 e. The van der Waals surface area contributed by atoms with Crippen molar-refractivity contribution in [2.24, 2.45) is 0 Å². The van der Waals surface area contributed by atoms with E-state index in [4.69, 9.17) is 0 Å². The van der Waals surface area contributed by atoms with Crippen LogP contribution in [0.3, 0.4) is 0 Å². The molecule has 94 valence electrons. The highest BCUT2D eigenvalue weighted by Gasteiger charge is 2.47. The number of aliphatic hydroxyl groups excluding tert-OH is 1. The average Bonchev–Trinajstić information content (AvgIpc) is 2.14. The molecule has 1 aromatic rings. The Labute approximate surface area is 106 Å². The molecule has 1 fully saturated rings. The minimum absolute atomic E-state index is 0.137. The molecule has 1 aromatic carbocycles. The second-order valence-electron chi connectivity index (χ2n) is 6.36. The van der Waals surface area contributed by atoms with Gasteiger partial charge < -0.3 is 5.11 Å². The van der Waals surface area contributed by atoms with Crippen LogP contribution in [0.15, 0.2) is 30.3 Å². The molecule has 0 bridgehead atoms. The van der Waals surface area contributed by atoms with E-state index in [1.54, 1.807) is 0 Å².